The minimum atomic E-state index is -1.25. The Labute approximate surface area is 92.8 Å². The first kappa shape index (κ1) is 12.4. The van der Waals surface area contributed by atoms with Gasteiger partial charge in [0.2, 0.25) is 0 Å². The lowest BCUT2D eigenvalue weighted by molar-refractivity contribution is 0.413. The van der Waals surface area contributed by atoms with E-state index in [0.29, 0.717) is 5.92 Å². The van der Waals surface area contributed by atoms with Crippen molar-refractivity contribution in [1.82, 2.24) is 5.16 Å². The highest BCUT2D eigenvalue weighted by Crippen LogP contribution is 2.27. The van der Waals surface area contributed by atoms with Gasteiger partial charge in [0, 0.05) is 10.8 Å². The monoisotopic (exact) mass is 230 g/mol. The van der Waals surface area contributed by atoms with Crippen molar-refractivity contribution < 1.29 is 8.73 Å². The summed E-state index contributed by atoms with van der Waals surface area (Å²) in [7, 11) is -1.25. The lowest BCUT2D eigenvalue weighted by Gasteiger charge is -2.16. The van der Waals surface area contributed by atoms with E-state index in [1.807, 2.05) is 13.8 Å². The van der Waals surface area contributed by atoms with Crippen molar-refractivity contribution in [1.29, 1.82) is 0 Å². The summed E-state index contributed by atoms with van der Waals surface area (Å²) in [6.45, 7) is 5.93. The van der Waals surface area contributed by atoms with Crippen LogP contribution in [-0.2, 0) is 11.0 Å². The molecule has 1 rings (SSSR count). The maximum atomic E-state index is 11.1. The second-order valence-electron chi connectivity index (χ2n) is 3.84. The Bertz CT molecular complexity index is 338. The van der Waals surface area contributed by atoms with Crippen LogP contribution in [0, 0.1) is 6.92 Å². The normalized spacial score (nSPS) is 17.3. The average Bonchev–Trinajstić information content (AvgIpc) is 2.60. The Morgan fingerprint density at radius 1 is 1.67 bits per heavy atom. The molecule has 0 aliphatic carbocycles. The van der Waals surface area contributed by atoms with Crippen LogP contribution in [0.5, 0.6) is 0 Å². The second-order valence-corrected chi connectivity index (χ2v) is 5.30. The summed E-state index contributed by atoms with van der Waals surface area (Å²) >= 11 is 0. The van der Waals surface area contributed by atoms with Gasteiger partial charge in [0.1, 0.15) is 6.26 Å². The fourth-order valence-electron chi connectivity index (χ4n) is 1.70. The van der Waals surface area contributed by atoms with E-state index in [1.54, 1.807) is 6.26 Å². The maximum absolute atomic E-state index is 11.1. The molecule has 0 saturated heterocycles. The van der Waals surface area contributed by atoms with Crippen LogP contribution in [0.2, 0.25) is 0 Å². The summed E-state index contributed by atoms with van der Waals surface area (Å²) in [5.41, 5.74) is 2.02. The fraction of sp³-hybridized carbons (Fsp3) is 0.700. The van der Waals surface area contributed by atoms with Crippen molar-refractivity contribution in [2.45, 2.75) is 44.8 Å². The van der Waals surface area contributed by atoms with Gasteiger partial charge < -0.3 is 4.52 Å². The van der Waals surface area contributed by atoms with Crippen molar-refractivity contribution in [3.63, 3.8) is 0 Å². The Morgan fingerprint density at radius 3 is 2.73 bits per heavy atom. The molecule has 5 heteroatoms. The van der Waals surface area contributed by atoms with Gasteiger partial charge in [-0.25, -0.2) is 4.21 Å². The van der Waals surface area contributed by atoms with Crippen molar-refractivity contribution in [2.75, 3.05) is 0 Å². The molecule has 15 heavy (non-hydrogen) atoms. The zero-order chi connectivity index (χ0) is 11.4. The van der Waals surface area contributed by atoms with E-state index in [2.05, 4.69) is 12.1 Å². The third-order valence-corrected chi connectivity index (χ3v) is 3.72. The molecule has 0 aromatic carbocycles. The summed E-state index contributed by atoms with van der Waals surface area (Å²) in [5.74, 6) is 0.332. The highest BCUT2D eigenvalue weighted by atomic mass is 32.2. The molecule has 1 aromatic rings. The minimum Gasteiger partial charge on any atom is -0.364 e. The zero-order valence-corrected chi connectivity index (χ0v) is 10.2. The molecule has 0 amide bonds. The van der Waals surface area contributed by atoms with Crippen molar-refractivity contribution >= 4 is 11.0 Å². The molecular formula is C10H18N2O2S. The quantitative estimate of drug-likeness (QED) is 0.839. The first-order chi connectivity index (χ1) is 7.06. The lowest BCUT2D eigenvalue weighted by atomic mass is 9.93. The lowest BCUT2D eigenvalue weighted by Crippen LogP contribution is -2.21. The van der Waals surface area contributed by atoms with Crippen LogP contribution in [-0.4, -0.2) is 14.6 Å². The first-order valence-corrected chi connectivity index (χ1v) is 6.39. The molecule has 3 atom stereocenters. The maximum Gasteiger partial charge on any atom is 0.127 e. The van der Waals surface area contributed by atoms with Gasteiger partial charge in [-0.3, -0.25) is 5.14 Å². The van der Waals surface area contributed by atoms with Crippen molar-refractivity contribution in [3.05, 3.63) is 17.5 Å². The van der Waals surface area contributed by atoms with Gasteiger partial charge in [0.05, 0.1) is 16.7 Å². The highest BCUT2D eigenvalue weighted by molar-refractivity contribution is 7.83. The summed E-state index contributed by atoms with van der Waals surface area (Å²) in [6, 6.07) is 0. The molecule has 0 fully saturated rings. The first-order valence-electron chi connectivity index (χ1n) is 5.12. The third-order valence-electron chi connectivity index (χ3n) is 2.73. The van der Waals surface area contributed by atoms with Crippen LogP contribution >= 0.6 is 0 Å². The number of aryl methyl sites for hydroxylation is 1. The van der Waals surface area contributed by atoms with Crippen LogP contribution in [0.25, 0.3) is 0 Å². The summed E-state index contributed by atoms with van der Waals surface area (Å²) in [5, 5.41) is 9.22. The summed E-state index contributed by atoms with van der Waals surface area (Å²) in [6.07, 6.45) is 3.46. The van der Waals surface area contributed by atoms with Crippen LogP contribution in [0.4, 0.5) is 0 Å². The van der Waals surface area contributed by atoms with Crippen molar-refractivity contribution in [2.24, 2.45) is 5.14 Å². The number of nitrogens with zero attached hydrogens (tertiary/aromatic N) is 1. The van der Waals surface area contributed by atoms with Gasteiger partial charge >= 0.3 is 0 Å². The predicted octanol–water partition coefficient (Wildman–Crippen LogP) is 1.88. The Morgan fingerprint density at radius 2 is 2.33 bits per heavy atom. The smallest absolute Gasteiger partial charge is 0.127 e. The Hall–Kier alpha value is -0.680. The topological polar surface area (TPSA) is 69.1 Å². The molecule has 86 valence electrons. The molecule has 1 aromatic heterocycles. The molecule has 0 saturated carbocycles. The third kappa shape index (κ3) is 3.14. The van der Waals surface area contributed by atoms with Gasteiger partial charge in [-0.1, -0.05) is 12.1 Å². The van der Waals surface area contributed by atoms with E-state index >= 15 is 0 Å². The van der Waals surface area contributed by atoms with Gasteiger partial charge in [-0.15, -0.1) is 0 Å². The molecule has 0 bridgehead atoms. The average molecular weight is 230 g/mol. The van der Waals surface area contributed by atoms with E-state index in [0.717, 1.165) is 24.1 Å². The molecule has 0 aliphatic rings. The van der Waals surface area contributed by atoms with Gasteiger partial charge in [0.15, 0.2) is 0 Å². The largest absolute Gasteiger partial charge is 0.364 e. The summed E-state index contributed by atoms with van der Waals surface area (Å²) < 4.78 is 16.0. The molecule has 4 nitrogen and oxygen atoms in total. The van der Waals surface area contributed by atoms with Crippen molar-refractivity contribution in [3.8, 4) is 0 Å². The number of hydrogen-bond donors (Lipinski definition) is 1. The van der Waals surface area contributed by atoms with Crippen LogP contribution < -0.4 is 5.14 Å². The predicted molar refractivity (Wildman–Crippen MR) is 60.7 cm³/mol. The molecule has 0 spiro atoms. The van der Waals surface area contributed by atoms with E-state index in [-0.39, 0.29) is 5.25 Å². The minimum absolute atomic E-state index is 0.00394. The number of rotatable bonds is 5. The standard InChI is InChI=1S/C10H18N2O2S/c1-4-9(5-7(2)15(11)13)10-6-14-12-8(10)3/h6-7,9H,4-5,11H2,1-3H3/t7?,9-,15?/m0/s1. The SMILES string of the molecule is CC[C@@H](CC(C)S(N)=O)c1conc1C. The van der Waals surface area contributed by atoms with E-state index in [4.69, 9.17) is 9.66 Å². The Balaban J connectivity index is 2.73. The molecule has 1 heterocycles. The molecule has 0 aliphatic heterocycles. The van der Waals surface area contributed by atoms with E-state index < -0.39 is 11.0 Å². The van der Waals surface area contributed by atoms with Gasteiger partial charge in [-0.05, 0) is 32.6 Å². The molecule has 2 N–H and O–H groups in total. The molecule has 2 unspecified atom stereocenters. The second kappa shape index (κ2) is 5.42. The van der Waals surface area contributed by atoms with Crippen LogP contribution in [0.1, 0.15) is 43.9 Å². The summed E-state index contributed by atoms with van der Waals surface area (Å²) in [4.78, 5) is 0. The molecular weight excluding hydrogens is 212 g/mol. The van der Waals surface area contributed by atoms with Gasteiger partial charge in [0.25, 0.3) is 0 Å². The van der Waals surface area contributed by atoms with E-state index in [9.17, 15) is 4.21 Å². The number of nitrogens with two attached hydrogens (primary N) is 1. The van der Waals surface area contributed by atoms with E-state index in [1.165, 1.54) is 0 Å². The van der Waals surface area contributed by atoms with Crippen LogP contribution in [0.15, 0.2) is 10.8 Å². The highest BCUT2D eigenvalue weighted by Gasteiger charge is 2.19. The number of hydrogen-bond acceptors (Lipinski definition) is 3. The molecule has 0 radical (unpaired) electrons. The zero-order valence-electron chi connectivity index (χ0n) is 9.40. The van der Waals surface area contributed by atoms with Crippen LogP contribution in [0.3, 0.4) is 0 Å². The Kier molecular flexibility index (Phi) is 4.47. The van der Waals surface area contributed by atoms with Gasteiger partial charge in [-0.2, -0.15) is 0 Å². The fourth-order valence-corrected chi connectivity index (χ4v) is 2.12. The number of aromatic nitrogens is 1.